The van der Waals surface area contributed by atoms with Crippen molar-refractivity contribution in [1.82, 2.24) is 25.1 Å². The van der Waals surface area contributed by atoms with Crippen LogP contribution in [0.2, 0.25) is 0 Å². The molecule has 1 N–H and O–H groups in total. The van der Waals surface area contributed by atoms with Crippen LogP contribution < -0.4 is 15.0 Å². The van der Waals surface area contributed by atoms with Crippen LogP contribution >= 0.6 is 0 Å². The molecular weight excluding hydrogens is 464 g/mol. The minimum atomic E-state index is -4.28. The SMILES string of the molecule is COc1cc(F)cc(N(CCCNCC(F)(F)F)c2ccc3ncc(-c4cnn(C)c4)nc3c2)c1. The first-order chi connectivity index (χ1) is 16.7. The second-order valence-corrected chi connectivity index (χ2v) is 7.98. The Bertz CT molecular complexity index is 1310. The third-order valence-corrected chi connectivity index (χ3v) is 5.30. The minimum absolute atomic E-state index is 0.140. The molecule has 35 heavy (non-hydrogen) atoms. The highest BCUT2D eigenvalue weighted by atomic mass is 19.4. The summed E-state index contributed by atoms with van der Waals surface area (Å²) in [5, 5.41) is 6.56. The Morgan fingerprint density at radius 2 is 1.89 bits per heavy atom. The van der Waals surface area contributed by atoms with E-state index in [2.05, 4.69) is 15.4 Å². The quantitative estimate of drug-likeness (QED) is 0.268. The van der Waals surface area contributed by atoms with E-state index in [0.29, 0.717) is 46.8 Å². The van der Waals surface area contributed by atoms with E-state index in [0.717, 1.165) is 5.56 Å². The maximum absolute atomic E-state index is 14.3. The van der Waals surface area contributed by atoms with Gasteiger partial charge in [-0.1, -0.05) is 0 Å². The van der Waals surface area contributed by atoms with Crippen molar-refractivity contribution in [1.29, 1.82) is 0 Å². The predicted molar refractivity (Wildman–Crippen MR) is 125 cm³/mol. The van der Waals surface area contributed by atoms with Crippen molar-refractivity contribution in [2.24, 2.45) is 7.05 Å². The lowest BCUT2D eigenvalue weighted by Gasteiger charge is -2.26. The van der Waals surface area contributed by atoms with Crippen LogP contribution in [0.15, 0.2) is 55.0 Å². The van der Waals surface area contributed by atoms with E-state index in [1.165, 1.54) is 19.2 Å². The molecule has 2 aromatic carbocycles. The van der Waals surface area contributed by atoms with Crippen LogP contribution in [0.3, 0.4) is 0 Å². The maximum Gasteiger partial charge on any atom is 0.401 e. The first-order valence-electron chi connectivity index (χ1n) is 10.9. The van der Waals surface area contributed by atoms with Gasteiger partial charge < -0.3 is 15.0 Å². The molecule has 0 unspecified atom stereocenters. The molecular formula is C24H24F4N6O. The first kappa shape index (κ1) is 24.4. The van der Waals surface area contributed by atoms with E-state index < -0.39 is 18.5 Å². The Balaban J connectivity index is 1.65. The van der Waals surface area contributed by atoms with Gasteiger partial charge in [0.2, 0.25) is 0 Å². The lowest BCUT2D eigenvalue weighted by molar-refractivity contribution is -0.124. The van der Waals surface area contributed by atoms with Crippen molar-refractivity contribution >= 4 is 22.4 Å². The predicted octanol–water partition coefficient (Wildman–Crippen LogP) is 4.86. The number of nitrogens with one attached hydrogen (secondary N) is 1. The molecule has 2 aromatic heterocycles. The number of anilines is 2. The molecule has 184 valence electrons. The fourth-order valence-electron chi connectivity index (χ4n) is 3.68. The fraction of sp³-hybridized carbons (Fsp3) is 0.292. The number of halogens is 4. The molecule has 0 bridgehead atoms. The van der Waals surface area contributed by atoms with Crippen molar-refractivity contribution in [3.63, 3.8) is 0 Å². The molecule has 0 radical (unpaired) electrons. The number of aryl methyl sites for hydroxylation is 1. The van der Waals surface area contributed by atoms with Gasteiger partial charge in [-0.05, 0) is 37.2 Å². The van der Waals surface area contributed by atoms with Gasteiger partial charge in [0.25, 0.3) is 0 Å². The summed E-state index contributed by atoms with van der Waals surface area (Å²) in [5.41, 5.74) is 3.96. The number of aromatic nitrogens is 4. The highest BCUT2D eigenvalue weighted by Crippen LogP contribution is 2.32. The van der Waals surface area contributed by atoms with Crippen LogP contribution in [0.25, 0.3) is 22.3 Å². The third kappa shape index (κ3) is 6.24. The molecule has 4 rings (SSSR count). The van der Waals surface area contributed by atoms with Crippen molar-refractivity contribution in [3.8, 4) is 17.0 Å². The molecule has 0 fully saturated rings. The number of hydrogen-bond acceptors (Lipinski definition) is 6. The van der Waals surface area contributed by atoms with E-state index in [9.17, 15) is 17.6 Å². The molecule has 0 spiro atoms. The summed E-state index contributed by atoms with van der Waals surface area (Å²) in [5.74, 6) is -0.154. The average Bonchev–Trinajstić information content (AvgIpc) is 3.25. The highest BCUT2D eigenvalue weighted by Gasteiger charge is 2.26. The molecule has 7 nitrogen and oxygen atoms in total. The highest BCUT2D eigenvalue weighted by molar-refractivity contribution is 5.82. The third-order valence-electron chi connectivity index (χ3n) is 5.30. The Labute approximate surface area is 199 Å². The van der Waals surface area contributed by atoms with Crippen LogP contribution in [0.5, 0.6) is 5.75 Å². The van der Waals surface area contributed by atoms with Gasteiger partial charge in [-0.2, -0.15) is 18.3 Å². The van der Waals surface area contributed by atoms with Crippen molar-refractivity contribution in [2.75, 3.05) is 31.6 Å². The van der Waals surface area contributed by atoms with Crippen LogP contribution in [-0.2, 0) is 7.05 Å². The summed E-state index contributed by atoms with van der Waals surface area (Å²) in [4.78, 5) is 11.0. The van der Waals surface area contributed by atoms with Gasteiger partial charge >= 0.3 is 6.18 Å². The zero-order valence-electron chi connectivity index (χ0n) is 19.2. The number of methoxy groups -OCH3 is 1. The van der Waals surface area contributed by atoms with E-state index in [1.54, 1.807) is 29.2 Å². The van der Waals surface area contributed by atoms with Gasteiger partial charge in [0, 0.05) is 48.9 Å². The molecule has 0 atom stereocenters. The standard InChI is InChI=1S/C24H24F4N6O/c1-33-14-16(12-31-33)23-13-30-21-5-4-18(11-22(21)32-23)34(7-3-6-29-15-24(26,27)28)19-8-17(25)9-20(10-19)35-2/h4-5,8-14,29H,3,6-7,15H2,1-2H3. The molecule has 2 heterocycles. The lowest BCUT2D eigenvalue weighted by Crippen LogP contribution is -2.31. The molecule has 4 aromatic rings. The Morgan fingerprint density at radius 3 is 2.60 bits per heavy atom. The van der Waals surface area contributed by atoms with Gasteiger partial charge in [-0.15, -0.1) is 0 Å². The number of rotatable bonds is 9. The summed E-state index contributed by atoms with van der Waals surface area (Å²) < 4.78 is 58.5. The first-order valence-corrected chi connectivity index (χ1v) is 10.9. The molecule has 11 heteroatoms. The summed E-state index contributed by atoms with van der Waals surface area (Å²) in [6.45, 7) is -0.594. The normalized spacial score (nSPS) is 11.7. The molecule has 0 saturated heterocycles. The smallest absolute Gasteiger partial charge is 0.401 e. The van der Waals surface area contributed by atoms with Crippen LogP contribution in [0.1, 0.15) is 6.42 Å². The number of hydrogen-bond donors (Lipinski definition) is 1. The van der Waals surface area contributed by atoms with Crippen molar-refractivity contribution < 1.29 is 22.3 Å². The maximum atomic E-state index is 14.3. The molecule has 0 aliphatic rings. The van der Waals surface area contributed by atoms with E-state index >= 15 is 0 Å². The number of fused-ring (bicyclic) bond motifs is 1. The number of nitrogens with zero attached hydrogens (tertiary/aromatic N) is 5. The van der Waals surface area contributed by atoms with E-state index in [4.69, 9.17) is 9.72 Å². The molecule has 0 saturated carbocycles. The molecule has 0 aliphatic heterocycles. The Hall–Kier alpha value is -3.73. The Kier molecular flexibility index (Phi) is 7.15. The summed E-state index contributed by atoms with van der Waals surface area (Å²) >= 11 is 0. The fourth-order valence-corrected chi connectivity index (χ4v) is 3.68. The number of ether oxygens (including phenoxy) is 1. The number of alkyl halides is 3. The minimum Gasteiger partial charge on any atom is -0.497 e. The summed E-state index contributed by atoms with van der Waals surface area (Å²) in [6, 6.07) is 9.74. The average molecular weight is 488 g/mol. The largest absolute Gasteiger partial charge is 0.497 e. The molecule has 0 aliphatic carbocycles. The van der Waals surface area contributed by atoms with Crippen LogP contribution in [0, 0.1) is 5.82 Å². The van der Waals surface area contributed by atoms with Crippen LogP contribution in [-0.4, -0.2) is 52.7 Å². The summed E-state index contributed by atoms with van der Waals surface area (Å²) in [7, 11) is 3.25. The van der Waals surface area contributed by atoms with Gasteiger partial charge in [0.15, 0.2) is 0 Å². The van der Waals surface area contributed by atoms with Gasteiger partial charge in [-0.25, -0.2) is 9.37 Å². The zero-order chi connectivity index (χ0) is 25.0. The zero-order valence-corrected chi connectivity index (χ0v) is 19.2. The van der Waals surface area contributed by atoms with E-state index in [1.807, 2.05) is 30.3 Å². The lowest BCUT2D eigenvalue weighted by atomic mass is 10.2. The second kappa shape index (κ2) is 10.3. The topological polar surface area (TPSA) is 68.1 Å². The second-order valence-electron chi connectivity index (χ2n) is 7.98. The van der Waals surface area contributed by atoms with Gasteiger partial charge in [0.05, 0.1) is 42.8 Å². The van der Waals surface area contributed by atoms with Gasteiger partial charge in [0.1, 0.15) is 11.6 Å². The van der Waals surface area contributed by atoms with Gasteiger partial charge in [-0.3, -0.25) is 9.67 Å². The number of benzene rings is 2. The molecule has 0 amide bonds. The van der Waals surface area contributed by atoms with Crippen LogP contribution in [0.4, 0.5) is 28.9 Å². The Morgan fingerprint density at radius 1 is 1.06 bits per heavy atom. The summed E-state index contributed by atoms with van der Waals surface area (Å²) in [6.07, 6.45) is 1.30. The van der Waals surface area contributed by atoms with Crippen molar-refractivity contribution in [3.05, 3.63) is 60.8 Å². The van der Waals surface area contributed by atoms with E-state index in [-0.39, 0.29) is 6.54 Å². The monoisotopic (exact) mass is 488 g/mol. The van der Waals surface area contributed by atoms with Crippen molar-refractivity contribution in [2.45, 2.75) is 12.6 Å².